The van der Waals surface area contributed by atoms with Crippen LogP contribution in [-0.4, -0.2) is 29.4 Å². The largest absolute Gasteiger partial charge is 0.480 e. The van der Waals surface area contributed by atoms with Crippen molar-refractivity contribution in [1.82, 2.24) is 5.32 Å². The summed E-state index contributed by atoms with van der Waals surface area (Å²) in [6.45, 7) is 1.59. The predicted molar refractivity (Wildman–Crippen MR) is 90.8 cm³/mol. The lowest BCUT2D eigenvalue weighted by Gasteiger charge is -2.26. The van der Waals surface area contributed by atoms with Crippen LogP contribution >= 0.6 is 0 Å². The number of rotatable bonds is 5. The van der Waals surface area contributed by atoms with Gasteiger partial charge >= 0.3 is 5.97 Å². The molecule has 2 amide bonds. The van der Waals surface area contributed by atoms with E-state index in [1.165, 1.54) is 12.8 Å². The molecule has 0 aliphatic heterocycles. The van der Waals surface area contributed by atoms with Crippen LogP contribution in [0.25, 0.3) is 0 Å². The topological polar surface area (TPSA) is 95.5 Å². The minimum atomic E-state index is -1.09. The molecule has 0 bridgehead atoms. The van der Waals surface area contributed by atoms with Crippen LogP contribution in [0.3, 0.4) is 0 Å². The van der Waals surface area contributed by atoms with Crippen molar-refractivity contribution in [2.75, 3.05) is 11.9 Å². The summed E-state index contributed by atoms with van der Waals surface area (Å²) < 4.78 is 0. The summed E-state index contributed by atoms with van der Waals surface area (Å²) in [6, 6.07) is 6.46. The maximum absolute atomic E-state index is 12.6. The monoisotopic (exact) mass is 332 g/mol. The van der Waals surface area contributed by atoms with Crippen molar-refractivity contribution in [3.8, 4) is 0 Å². The molecule has 1 aliphatic rings. The van der Waals surface area contributed by atoms with Crippen molar-refractivity contribution < 1.29 is 19.5 Å². The van der Waals surface area contributed by atoms with E-state index in [0.29, 0.717) is 11.3 Å². The highest BCUT2D eigenvalue weighted by Gasteiger charge is 2.33. The second kappa shape index (κ2) is 7.95. The van der Waals surface area contributed by atoms with E-state index in [1.807, 2.05) is 6.92 Å². The number of anilines is 1. The Labute approximate surface area is 141 Å². The molecule has 130 valence electrons. The van der Waals surface area contributed by atoms with E-state index in [0.717, 1.165) is 25.7 Å². The molecular weight excluding hydrogens is 308 g/mol. The van der Waals surface area contributed by atoms with Crippen LogP contribution in [0, 0.1) is 5.41 Å². The second-order valence-electron chi connectivity index (χ2n) is 6.58. The number of carbonyl (C=O) groups excluding carboxylic acids is 2. The minimum Gasteiger partial charge on any atom is -0.480 e. The number of carboxylic acids is 1. The van der Waals surface area contributed by atoms with Crippen LogP contribution in [-0.2, 0) is 9.59 Å². The van der Waals surface area contributed by atoms with Gasteiger partial charge in [-0.05, 0) is 37.1 Å². The molecule has 1 aromatic carbocycles. The fourth-order valence-electron chi connectivity index (χ4n) is 2.98. The number of amides is 2. The summed E-state index contributed by atoms with van der Waals surface area (Å²) in [5, 5.41) is 13.8. The van der Waals surface area contributed by atoms with E-state index >= 15 is 0 Å². The number of carboxylic acid groups (broad SMARTS) is 1. The first-order chi connectivity index (χ1) is 11.4. The molecule has 1 saturated carbocycles. The fourth-order valence-corrected chi connectivity index (χ4v) is 2.98. The zero-order valence-corrected chi connectivity index (χ0v) is 13.9. The summed E-state index contributed by atoms with van der Waals surface area (Å²) in [5.74, 6) is -1.53. The third-order valence-electron chi connectivity index (χ3n) is 4.56. The average Bonchev–Trinajstić information content (AvgIpc) is 2.79. The maximum atomic E-state index is 12.6. The Bertz CT molecular complexity index is 602. The molecule has 24 heavy (non-hydrogen) atoms. The first-order valence-corrected chi connectivity index (χ1v) is 8.32. The van der Waals surface area contributed by atoms with Crippen LogP contribution in [0.15, 0.2) is 24.3 Å². The third kappa shape index (κ3) is 4.81. The Balaban J connectivity index is 1.96. The van der Waals surface area contributed by atoms with E-state index in [1.54, 1.807) is 24.3 Å². The summed E-state index contributed by atoms with van der Waals surface area (Å²) >= 11 is 0. The maximum Gasteiger partial charge on any atom is 0.322 e. The molecule has 0 atom stereocenters. The van der Waals surface area contributed by atoms with Gasteiger partial charge in [-0.25, -0.2) is 0 Å². The zero-order chi connectivity index (χ0) is 17.6. The molecule has 1 aromatic rings. The van der Waals surface area contributed by atoms with E-state index in [-0.39, 0.29) is 11.3 Å². The summed E-state index contributed by atoms with van der Waals surface area (Å²) in [6.07, 6.45) is 6.31. The Morgan fingerprint density at radius 2 is 1.62 bits per heavy atom. The summed E-state index contributed by atoms with van der Waals surface area (Å²) in [4.78, 5) is 34.8. The smallest absolute Gasteiger partial charge is 0.322 e. The molecule has 0 unspecified atom stereocenters. The molecule has 0 spiro atoms. The Morgan fingerprint density at radius 3 is 2.17 bits per heavy atom. The van der Waals surface area contributed by atoms with Crippen LogP contribution < -0.4 is 10.6 Å². The van der Waals surface area contributed by atoms with Crippen molar-refractivity contribution in [2.24, 2.45) is 5.41 Å². The van der Waals surface area contributed by atoms with Gasteiger partial charge in [0.05, 0.1) is 0 Å². The van der Waals surface area contributed by atoms with Gasteiger partial charge in [-0.2, -0.15) is 0 Å². The van der Waals surface area contributed by atoms with Crippen molar-refractivity contribution in [1.29, 1.82) is 0 Å². The lowest BCUT2D eigenvalue weighted by molar-refractivity contribution is -0.135. The number of benzene rings is 1. The number of aliphatic carboxylic acids is 1. The van der Waals surface area contributed by atoms with E-state index in [4.69, 9.17) is 5.11 Å². The third-order valence-corrected chi connectivity index (χ3v) is 4.56. The lowest BCUT2D eigenvalue weighted by atomic mass is 9.81. The van der Waals surface area contributed by atoms with E-state index < -0.39 is 18.4 Å². The number of hydrogen-bond acceptors (Lipinski definition) is 3. The molecule has 2 rings (SSSR count). The van der Waals surface area contributed by atoms with Crippen molar-refractivity contribution in [3.63, 3.8) is 0 Å². The first-order valence-electron chi connectivity index (χ1n) is 8.32. The van der Waals surface area contributed by atoms with Crippen molar-refractivity contribution >= 4 is 23.5 Å². The first kappa shape index (κ1) is 18.0. The predicted octanol–water partition coefficient (Wildman–Crippen LogP) is 2.80. The normalized spacial score (nSPS) is 16.7. The molecule has 1 fully saturated rings. The number of carbonyl (C=O) groups is 3. The molecule has 3 N–H and O–H groups in total. The van der Waals surface area contributed by atoms with Gasteiger partial charge < -0.3 is 15.7 Å². The van der Waals surface area contributed by atoms with Crippen molar-refractivity contribution in [2.45, 2.75) is 45.4 Å². The molecule has 1 aliphatic carbocycles. The highest BCUT2D eigenvalue weighted by Crippen LogP contribution is 2.35. The number of nitrogens with one attached hydrogen (secondary N) is 2. The van der Waals surface area contributed by atoms with Crippen LogP contribution in [0.5, 0.6) is 0 Å². The second-order valence-corrected chi connectivity index (χ2v) is 6.58. The molecule has 0 saturated heterocycles. The number of hydrogen-bond donors (Lipinski definition) is 3. The molecule has 6 nitrogen and oxygen atoms in total. The minimum absolute atomic E-state index is 0.0208. The van der Waals surface area contributed by atoms with Gasteiger partial charge in [0.25, 0.3) is 5.91 Å². The van der Waals surface area contributed by atoms with E-state index in [2.05, 4.69) is 10.6 Å². The Kier molecular flexibility index (Phi) is 5.95. The van der Waals surface area contributed by atoms with Gasteiger partial charge in [0.2, 0.25) is 5.91 Å². The Morgan fingerprint density at radius 1 is 1.04 bits per heavy atom. The van der Waals surface area contributed by atoms with Gasteiger partial charge in [0.15, 0.2) is 0 Å². The van der Waals surface area contributed by atoms with Gasteiger partial charge in [-0.15, -0.1) is 0 Å². The molecular formula is C18H24N2O4. The van der Waals surface area contributed by atoms with E-state index in [9.17, 15) is 14.4 Å². The zero-order valence-electron chi connectivity index (χ0n) is 13.9. The van der Waals surface area contributed by atoms with Gasteiger partial charge in [0, 0.05) is 16.7 Å². The van der Waals surface area contributed by atoms with Crippen LogP contribution in [0.4, 0.5) is 5.69 Å². The summed E-state index contributed by atoms with van der Waals surface area (Å²) in [5.41, 5.74) is 0.656. The molecule has 0 heterocycles. The molecule has 0 radical (unpaired) electrons. The van der Waals surface area contributed by atoms with Gasteiger partial charge in [-0.3, -0.25) is 14.4 Å². The summed E-state index contributed by atoms with van der Waals surface area (Å²) in [7, 11) is 0. The standard InChI is InChI=1S/C18H24N2O4/c1-18(10-4-2-3-5-11-18)17(24)20-14-8-6-13(7-9-14)16(23)19-12-15(21)22/h6-9H,2-5,10-12H2,1H3,(H,19,23)(H,20,24)(H,21,22). The SMILES string of the molecule is CC1(C(=O)Nc2ccc(C(=O)NCC(=O)O)cc2)CCCCCC1. The molecule has 6 heteroatoms. The van der Waals surface area contributed by atoms with Crippen LogP contribution in [0.1, 0.15) is 55.8 Å². The average molecular weight is 332 g/mol. The van der Waals surface area contributed by atoms with Gasteiger partial charge in [0.1, 0.15) is 6.54 Å². The highest BCUT2D eigenvalue weighted by molar-refractivity contribution is 5.98. The Hall–Kier alpha value is -2.37. The van der Waals surface area contributed by atoms with Crippen molar-refractivity contribution in [3.05, 3.63) is 29.8 Å². The highest BCUT2D eigenvalue weighted by atomic mass is 16.4. The van der Waals surface area contributed by atoms with Gasteiger partial charge in [-0.1, -0.05) is 32.6 Å². The lowest BCUT2D eigenvalue weighted by Crippen LogP contribution is -2.33. The molecule has 0 aromatic heterocycles. The van der Waals surface area contributed by atoms with Crippen LogP contribution in [0.2, 0.25) is 0 Å². The quantitative estimate of drug-likeness (QED) is 0.723. The fraction of sp³-hybridized carbons (Fsp3) is 0.500.